The van der Waals surface area contributed by atoms with Crippen LogP contribution in [0.25, 0.3) is 16.6 Å². The van der Waals surface area contributed by atoms with E-state index in [-0.39, 0.29) is 5.82 Å². The molecule has 1 saturated heterocycles. The van der Waals surface area contributed by atoms with E-state index in [9.17, 15) is 0 Å². The number of piperazine rings is 1. The van der Waals surface area contributed by atoms with Crippen molar-refractivity contribution in [2.45, 2.75) is 13.8 Å². The average Bonchev–Trinajstić information content (AvgIpc) is 3.22. The van der Waals surface area contributed by atoms with Crippen LogP contribution in [0.15, 0.2) is 24.5 Å². The van der Waals surface area contributed by atoms with Gasteiger partial charge in [0.1, 0.15) is 11.6 Å². The van der Waals surface area contributed by atoms with Crippen molar-refractivity contribution in [3.05, 3.63) is 41.7 Å². The quantitative estimate of drug-likeness (QED) is 0.556. The highest BCUT2D eigenvalue weighted by Crippen LogP contribution is 2.32. The van der Waals surface area contributed by atoms with E-state index in [1.54, 1.807) is 10.7 Å². The number of nitrogens with zero attached hydrogens (tertiary/aromatic N) is 6. The van der Waals surface area contributed by atoms with E-state index in [0.29, 0.717) is 17.0 Å². The van der Waals surface area contributed by atoms with Gasteiger partial charge in [-0.1, -0.05) is 0 Å². The predicted octanol–water partition coefficient (Wildman–Crippen LogP) is 2.53. The fourth-order valence-corrected chi connectivity index (χ4v) is 3.97. The monoisotopic (exact) mass is 394 g/mol. The van der Waals surface area contributed by atoms with E-state index in [1.807, 2.05) is 43.8 Å². The maximum absolute atomic E-state index is 15.1. The van der Waals surface area contributed by atoms with Gasteiger partial charge in [-0.15, -0.1) is 0 Å². The molecule has 1 aliphatic rings. The lowest BCUT2D eigenvalue weighted by Gasteiger charge is -2.29. The van der Waals surface area contributed by atoms with Crippen molar-refractivity contribution in [1.82, 2.24) is 29.5 Å². The molecule has 0 bridgehead atoms. The van der Waals surface area contributed by atoms with Crippen LogP contribution in [-0.4, -0.2) is 50.3 Å². The molecule has 5 rings (SSSR count). The minimum atomic E-state index is -0.289. The lowest BCUT2D eigenvalue weighted by Crippen LogP contribution is -2.43. The molecule has 2 N–H and O–H groups in total. The van der Waals surface area contributed by atoms with Gasteiger partial charge in [-0.2, -0.15) is 5.10 Å². The number of aromatic nitrogens is 5. The number of fused-ring (bicyclic) bond motifs is 2. The Hall–Kier alpha value is -3.20. The summed E-state index contributed by atoms with van der Waals surface area (Å²) in [5, 5.41) is 11.5. The second kappa shape index (κ2) is 6.70. The minimum Gasteiger partial charge on any atom is -0.369 e. The van der Waals surface area contributed by atoms with Crippen molar-refractivity contribution in [1.29, 1.82) is 0 Å². The molecule has 0 saturated carbocycles. The molecule has 3 aromatic heterocycles. The fourth-order valence-electron chi connectivity index (χ4n) is 3.97. The first-order valence-corrected chi connectivity index (χ1v) is 9.71. The van der Waals surface area contributed by atoms with Gasteiger partial charge in [-0.05, 0) is 26.0 Å². The SMILES string of the molecule is Cc1cn2cc(Nc3nn(C)c4cc(N5CCNCC5)cc(F)c34)nc(C)c2n1. The molecule has 150 valence electrons. The Morgan fingerprint density at radius 2 is 1.90 bits per heavy atom. The number of rotatable bonds is 3. The van der Waals surface area contributed by atoms with Crippen LogP contribution in [0, 0.1) is 19.7 Å². The van der Waals surface area contributed by atoms with Gasteiger partial charge in [-0.3, -0.25) is 4.68 Å². The highest BCUT2D eigenvalue weighted by molar-refractivity contribution is 5.94. The van der Waals surface area contributed by atoms with Gasteiger partial charge < -0.3 is 19.9 Å². The molecule has 1 aliphatic heterocycles. The van der Waals surface area contributed by atoms with Crippen LogP contribution in [0.2, 0.25) is 0 Å². The van der Waals surface area contributed by atoms with Crippen molar-refractivity contribution in [2.24, 2.45) is 7.05 Å². The number of anilines is 3. The van der Waals surface area contributed by atoms with Gasteiger partial charge in [0.05, 0.1) is 28.5 Å². The van der Waals surface area contributed by atoms with Crippen molar-refractivity contribution in [3.63, 3.8) is 0 Å². The molecule has 4 aromatic rings. The van der Waals surface area contributed by atoms with E-state index >= 15 is 4.39 Å². The maximum Gasteiger partial charge on any atom is 0.164 e. The molecular weight excluding hydrogens is 371 g/mol. The molecule has 0 amide bonds. The van der Waals surface area contributed by atoms with Crippen LogP contribution in [0.4, 0.5) is 21.7 Å². The Kier molecular flexibility index (Phi) is 4.13. The van der Waals surface area contributed by atoms with Crippen LogP contribution in [0.5, 0.6) is 0 Å². The summed E-state index contributed by atoms with van der Waals surface area (Å²) >= 11 is 0. The Labute approximate surface area is 167 Å². The highest BCUT2D eigenvalue weighted by atomic mass is 19.1. The molecule has 1 aromatic carbocycles. The summed E-state index contributed by atoms with van der Waals surface area (Å²) in [5.74, 6) is 0.760. The van der Waals surface area contributed by atoms with Gasteiger partial charge in [0, 0.05) is 45.1 Å². The molecule has 0 spiro atoms. The predicted molar refractivity (Wildman–Crippen MR) is 111 cm³/mol. The van der Waals surface area contributed by atoms with Crippen molar-refractivity contribution < 1.29 is 4.39 Å². The van der Waals surface area contributed by atoms with E-state index < -0.39 is 0 Å². The third-order valence-electron chi connectivity index (χ3n) is 5.34. The van der Waals surface area contributed by atoms with Crippen molar-refractivity contribution >= 4 is 33.9 Å². The number of aryl methyl sites for hydroxylation is 3. The lowest BCUT2D eigenvalue weighted by molar-refractivity contribution is 0.586. The Morgan fingerprint density at radius 3 is 2.69 bits per heavy atom. The molecule has 1 fully saturated rings. The summed E-state index contributed by atoms with van der Waals surface area (Å²) in [5.41, 5.74) is 4.16. The lowest BCUT2D eigenvalue weighted by atomic mass is 10.2. The number of imidazole rings is 1. The summed E-state index contributed by atoms with van der Waals surface area (Å²) in [6, 6.07) is 3.60. The molecule has 4 heterocycles. The van der Waals surface area contributed by atoms with E-state index in [4.69, 9.17) is 0 Å². The molecule has 0 aliphatic carbocycles. The first-order chi connectivity index (χ1) is 14.0. The maximum atomic E-state index is 15.1. The van der Waals surface area contributed by atoms with Gasteiger partial charge in [0.15, 0.2) is 11.5 Å². The van der Waals surface area contributed by atoms with Crippen LogP contribution in [0.1, 0.15) is 11.4 Å². The second-order valence-electron chi connectivity index (χ2n) is 7.48. The highest BCUT2D eigenvalue weighted by Gasteiger charge is 2.19. The Balaban J connectivity index is 1.55. The molecular formula is C20H23FN8. The summed E-state index contributed by atoms with van der Waals surface area (Å²) in [7, 11) is 1.83. The van der Waals surface area contributed by atoms with Crippen LogP contribution in [0.3, 0.4) is 0 Å². The van der Waals surface area contributed by atoms with Gasteiger partial charge in [-0.25, -0.2) is 14.4 Å². The first kappa shape index (κ1) is 17.9. The standard InChI is InChI=1S/C20H23FN8/c1-12-10-29-11-17(24-13(2)20(29)23-12)25-19-18-15(21)8-14(9-16(18)27(3)26-19)28-6-4-22-5-7-28/h8-11,22H,4-7H2,1-3H3,(H,25,26). The zero-order valence-corrected chi connectivity index (χ0v) is 16.7. The van der Waals surface area contributed by atoms with Gasteiger partial charge in [0.25, 0.3) is 0 Å². The summed E-state index contributed by atoms with van der Waals surface area (Å²) < 4.78 is 18.8. The molecule has 29 heavy (non-hydrogen) atoms. The van der Waals surface area contributed by atoms with E-state index in [1.165, 1.54) is 0 Å². The van der Waals surface area contributed by atoms with Crippen LogP contribution in [-0.2, 0) is 7.05 Å². The minimum absolute atomic E-state index is 0.289. The molecule has 8 nitrogen and oxygen atoms in total. The van der Waals surface area contributed by atoms with Crippen molar-refractivity contribution in [3.8, 4) is 0 Å². The fraction of sp³-hybridized carbons (Fsp3) is 0.350. The third-order valence-corrected chi connectivity index (χ3v) is 5.34. The largest absolute Gasteiger partial charge is 0.369 e. The number of nitrogens with one attached hydrogen (secondary N) is 2. The summed E-state index contributed by atoms with van der Waals surface area (Å²) in [4.78, 5) is 11.2. The molecule has 0 atom stereocenters. The van der Waals surface area contributed by atoms with Gasteiger partial charge >= 0.3 is 0 Å². The zero-order valence-electron chi connectivity index (χ0n) is 16.7. The van der Waals surface area contributed by atoms with Crippen LogP contribution < -0.4 is 15.5 Å². The summed E-state index contributed by atoms with van der Waals surface area (Å²) in [6.45, 7) is 7.38. The van der Waals surface area contributed by atoms with E-state index in [2.05, 4.69) is 30.6 Å². The number of hydrogen-bond acceptors (Lipinski definition) is 6. The molecule has 9 heteroatoms. The Bertz CT molecular complexity index is 1220. The number of hydrogen-bond donors (Lipinski definition) is 2. The zero-order chi connectivity index (χ0) is 20.1. The van der Waals surface area contributed by atoms with Gasteiger partial charge in [0.2, 0.25) is 0 Å². The second-order valence-corrected chi connectivity index (χ2v) is 7.48. The normalized spacial score (nSPS) is 14.8. The Morgan fingerprint density at radius 1 is 1.10 bits per heavy atom. The van der Waals surface area contributed by atoms with E-state index in [0.717, 1.165) is 54.4 Å². The first-order valence-electron chi connectivity index (χ1n) is 9.71. The topological polar surface area (TPSA) is 75.3 Å². The average molecular weight is 394 g/mol. The smallest absolute Gasteiger partial charge is 0.164 e. The van der Waals surface area contributed by atoms with Crippen molar-refractivity contribution in [2.75, 3.05) is 36.4 Å². The molecule has 0 unspecified atom stereocenters. The summed E-state index contributed by atoms with van der Waals surface area (Å²) in [6.07, 6.45) is 3.78. The van der Waals surface area contributed by atoms with Crippen LogP contribution >= 0.6 is 0 Å². The number of halogens is 1. The number of benzene rings is 1. The molecule has 0 radical (unpaired) electrons. The third kappa shape index (κ3) is 3.07.